The van der Waals surface area contributed by atoms with Crippen molar-refractivity contribution < 1.29 is 4.79 Å². The summed E-state index contributed by atoms with van der Waals surface area (Å²) in [6.45, 7) is 0.779. The molecule has 0 fully saturated rings. The predicted octanol–water partition coefficient (Wildman–Crippen LogP) is 3.70. The first-order chi connectivity index (χ1) is 12.8. The maximum atomic E-state index is 12.0. The summed E-state index contributed by atoms with van der Waals surface area (Å²) in [5.41, 5.74) is 2.42. The van der Waals surface area contributed by atoms with Crippen molar-refractivity contribution in [3.05, 3.63) is 83.9 Å². The zero-order valence-corrected chi connectivity index (χ0v) is 14.6. The van der Waals surface area contributed by atoms with Gasteiger partial charge >= 0.3 is 0 Å². The molecule has 0 radical (unpaired) electrons. The Morgan fingerprint density at radius 1 is 0.731 bits per heavy atom. The predicted molar refractivity (Wildman–Crippen MR) is 104 cm³/mol. The van der Waals surface area contributed by atoms with E-state index in [1.165, 1.54) is 5.56 Å². The van der Waals surface area contributed by atoms with Crippen LogP contribution in [0, 0.1) is 0 Å². The van der Waals surface area contributed by atoms with E-state index in [1.807, 2.05) is 54.6 Å². The van der Waals surface area contributed by atoms with E-state index >= 15 is 0 Å². The molecular weight excluding hydrogens is 324 g/mol. The molecule has 132 valence electrons. The summed E-state index contributed by atoms with van der Waals surface area (Å²) in [6.07, 6.45) is 2.04. The molecule has 3 rings (SSSR count). The monoisotopic (exact) mass is 346 g/mol. The SMILES string of the molecule is O=C(CCc1ccccc1)Nc1ccc(NCCc2ccccc2)nn1. The van der Waals surface area contributed by atoms with Gasteiger partial charge in [0.25, 0.3) is 0 Å². The fraction of sp³-hybridized carbons (Fsp3) is 0.190. The molecule has 0 saturated carbocycles. The van der Waals surface area contributed by atoms with E-state index in [1.54, 1.807) is 6.07 Å². The summed E-state index contributed by atoms with van der Waals surface area (Å²) in [6, 6.07) is 23.8. The third kappa shape index (κ3) is 5.70. The number of hydrogen-bond donors (Lipinski definition) is 2. The van der Waals surface area contributed by atoms with Crippen molar-refractivity contribution in [1.29, 1.82) is 0 Å². The van der Waals surface area contributed by atoms with Crippen LogP contribution in [0.15, 0.2) is 72.8 Å². The number of anilines is 2. The number of carbonyl (C=O) groups is 1. The van der Waals surface area contributed by atoms with E-state index in [9.17, 15) is 4.79 Å². The smallest absolute Gasteiger partial charge is 0.225 e. The number of rotatable bonds is 8. The van der Waals surface area contributed by atoms with E-state index < -0.39 is 0 Å². The topological polar surface area (TPSA) is 66.9 Å². The van der Waals surface area contributed by atoms with Gasteiger partial charge in [-0.2, -0.15) is 0 Å². The average molecular weight is 346 g/mol. The molecular formula is C21H22N4O. The van der Waals surface area contributed by atoms with Crippen LogP contribution >= 0.6 is 0 Å². The van der Waals surface area contributed by atoms with Crippen LogP contribution in [0.4, 0.5) is 11.6 Å². The van der Waals surface area contributed by atoms with Crippen molar-refractivity contribution in [2.75, 3.05) is 17.2 Å². The second kappa shape index (κ2) is 9.32. The normalized spacial score (nSPS) is 10.3. The Balaban J connectivity index is 1.41. The van der Waals surface area contributed by atoms with Crippen molar-refractivity contribution in [2.24, 2.45) is 0 Å². The molecule has 5 nitrogen and oxygen atoms in total. The maximum absolute atomic E-state index is 12.0. The van der Waals surface area contributed by atoms with E-state index in [4.69, 9.17) is 0 Å². The minimum atomic E-state index is -0.0621. The molecule has 0 saturated heterocycles. The van der Waals surface area contributed by atoms with Gasteiger partial charge < -0.3 is 10.6 Å². The lowest BCUT2D eigenvalue weighted by Crippen LogP contribution is -2.14. The summed E-state index contributed by atoms with van der Waals surface area (Å²) in [7, 11) is 0. The molecule has 0 aliphatic heterocycles. The minimum Gasteiger partial charge on any atom is -0.368 e. The largest absolute Gasteiger partial charge is 0.368 e. The fourth-order valence-corrected chi connectivity index (χ4v) is 2.58. The highest BCUT2D eigenvalue weighted by Gasteiger charge is 2.05. The molecule has 2 N–H and O–H groups in total. The highest BCUT2D eigenvalue weighted by Crippen LogP contribution is 2.08. The molecule has 26 heavy (non-hydrogen) atoms. The van der Waals surface area contributed by atoms with Crippen LogP contribution in [0.25, 0.3) is 0 Å². The molecule has 1 aromatic heterocycles. The number of amides is 1. The molecule has 5 heteroatoms. The number of nitrogens with zero attached hydrogens (tertiary/aromatic N) is 2. The van der Waals surface area contributed by atoms with Gasteiger partial charge in [-0.25, -0.2) is 0 Å². The summed E-state index contributed by atoms with van der Waals surface area (Å²) in [4.78, 5) is 12.0. The minimum absolute atomic E-state index is 0.0621. The van der Waals surface area contributed by atoms with Crippen LogP contribution in [0.2, 0.25) is 0 Å². The number of hydrogen-bond acceptors (Lipinski definition) is 4. The van der Waals surface area contributed by atoms with Crippen molar-refractivity contribution in [3.63, 3.8) is 0 Å². The van der Waals surface area contributed by atoms with Crippen molar-refractivity contribution in [1.82, 2.24) is 10.2 Å². The molecule has 2 aromatic carbocycles. The summed E-state index contributed by atoms with van der Waals surface area (Å²) >= 11 is 0. The van der Waals surface area contributed by atoms with Crippen LogP contribution in [0.1, 0.15) is 17.5 Å². The highest BCUT2D eigenvalue weighted by atomic mass is 16.1. The van der Waals surface area contributed by atoms with Crippen LogP contribution in [-0.4, -0.2) is 22.6 Å². The molecule has 3 aromatic rings. The van der Waals surface area contributed by atoms with Gasteiger partial charge in [-0.3, -0.25) is 4.79 Å². The van der Waals surface area contributed by atoms with Crippen molar-refractivity contribution in [2.45, 2.75) is 19.3 Å². The quantitative estimate of drug-likeness (QED) is 0.653. The first kappa shape index (κ1) is 17.6. The standard InChI is InChI=1S/C21H22N4O/c26-21(14-11-17-7-3-1-4-8-17)23-20-13-12-19(24-25-20)22-16-15-18-9-5-2-6-10-18/h1-10,12-13H,11,14-16H2,(H,22,24)(H,23,25,26). The maximum Gasteiger partial charge on any atom is 0.225 e. The second-order valence-corrected chi connectivity index (χ2v) is 6.00. The first-order valence-corrected chi connectivity index (χ1v) is 8.75. The summed E-state index contributed by atoms with van der Waals surface area (Å²) in [5, 5.41) is 14.2. The van der Waals surface area contributed by atoms with Gasteiger partial charge in [0, 0.05) is 13.0 Å². The van der Waals surface area contributed by atoms with E-state index in [-0.39, 0.29) is 5.91 Å². The van der Waals surface area contributed by atoms with E-state index in [0.717, 1.165) is 18.5 Å². The van der Waals surface area contributed by atoms with Crippen molar-refractivity contribution in [3.8, 4) is 0 Å². The summed E-state index contributed by atoms with van der Waals surface area (Å²) < 4.78 is 0. The molecule has 0 bridgehead atoms. The van der Waals surface area contributed by atoms with Gasteiger partial charge in [-0.05, 0) is 36.1 Å². The first-order valence-electron chi connectivity index (χ1n) is 8.75. The average Bonchev–Trinajstić information content (AvgIpc) is 2.69. The number of carbonyl (C=O) groups excluding carboxylic acids is 1. The Morgan fingerprint density at radius 3 is 1.92 bits per heavy atom. The van der Waals surface area contributed by atoms with Gasteiger partial charge in [0.2, 0.25) is 5.91 Å². The van der Waals surface area contributed by atoms with Gasteiger partial charge in [0.15, 0.2) is 5.82 Å². The number of nitrogens with one attached hydrogen (secondary N) is 2. The number of benzene rings is 2. The molecule has 0 unspecified atom stereocenters. The van der Waals surface area contributed by atoms with Crippen LogP contribution in [0.3, 0.4) is 0 Å². The lowest BCUT2D eigenvalue weighted by molar-refractivity contribution is -0.116. The molecule has 0 atom stereocenters. The Morgan fingerprint density at radius 2 is 1.31 bits per heavy atom. The van der Waals surface area contributed by atoms with Crippen LogP contribution in [0.5, 0.6) is 0 Å². The Kier molecular flexibility index (Phi) is 6.31. The van der Waals surface area contributed by atoms with E-state index in [2.05, 4.69) is 33.0 Å². The van der Waals surface area contributed by atoms with E-state index in [0.29, 0.717) is 24.5 Å². The molecule has 1 heterocycles. The lowest BCUT2D eigenvalue weighted by atomic mass is 10.1. The van der Waals surface area contributed by atoms with Crippen LogP contribution < -0.4 is 10.6 Å². The van der Waals surface area contributed by atoms with Gasteiger partial charge in [-0.15, -0.1) is 10.2 Å². The van der Waals surface area contributed by atoms with Crippen LogP contribution in [-0.2, 0) is 17.6 Å². The van der Waals surface area contributed by atoms with Gasteiger partial charge in [0.1, 0.15) is 5.82 Å². The second-order valence-electron chi connectivity index (χ2n) is 6.00. The van der Waals surface area contributed by atoms with Crippen molar-refractivity contribution >= 4 is 17.5 Å². The fourth-order valence-electron chi connectivity index (χ4n) is 2.58. The molecule has 0 aliphatic rings. The van der Waals surface area contributed by atoms with Gasteiger partial charge in [-0.1, -0.05) is 60.7 Å². The third-order valence-corrected chi connectivity index (χ3v) is 3.98. The Bertz CT molecular complexity index is 804. The highest BCUT2D eigenvalue weighted by molar-refractivity contribution is 5.89. The zero-order chi connectivity index (χ0) is 18.0. The number of aromatic nitrogens is 2. The molecule has 0 spiro atoms. The third-order valence-electron chi connectivity index (χ3n) is 3.98. The summed E-state index contributed by atoms with van der Waals surface area (Å²) in [5.74, 6) is 1.10. The van der Waals surface area contributed by atoms with Gasteiger partial charge in [0.05, 0.1) is 0 Å². The molecule has 0 aliphatic carbocycles. The molecule has 1 amide bonds. The zero-order valence-electron chi connectivity index (χ0n) is 14.6. The lowest BCUT2D eigenvalue weighted by Gasteiger charge is -2.07. The number of aryl methyl sites for hydroxylation is 1. The Hall–Kier alpha value is -3.21. The Labute approximate surface area is 153 Å².